The second-order valence-corrected chi connectivity index (χ2v) is 4.79. The molecule has 1 aromatic carbocycles. The largest absolute Gasteiger partial charge is 0.507 e. The molecule has 2 nitrogen and oxygen atoms in total. The van der Waals surface area contributed by atoms with E-state index >= 15 is 0 Å². The van der Waals surface area contributed by atoms with Crippen LogP contribution in [0.5, 0.6) is 5.75 Å². The molecule has 1 aromatic rings. The summed E-state index contributed by atoms with van der Waals surface area (Å²) < 4.78 is 37.9. The minimum Gasteiger partial charge on any atom is -0.507 e. The molecule has 0 aromatic heterocycles. The van der Waals surface area contributed by atoms with Gasteiger partial charge in [0.25, 0.3) is 0 Å². The SMILES string of the molecule is Oc1c(C(F)(F)F)cc(Br)cc1C1(O)CC1. The van der Waals surface area contributed by atoms with Crippen molar-refractivity contribution in [2.45, 2.75) is 24.6 Å². The van der Waals surface area contributed by atoms with Crippen LogP contribution in [0.4, 0.5) is 13.2 Å². The van der Waals surface area contributed by atoms with E-state index in [2.05, 4.69) is 15.9 Å². The van der Waals surface area contributed by atoms with E-state index in [4.69, 9.17) is 0 Å². The van der Waals surface area contributed by atoms with Crippen molar-refractivity contribution in [1.29, 1.82) is 0 Å². The van der Waals surface area contributed by atoms with Crippen molar-refractivity contribution in [2.24, 2.45) is 0 Å². The summed E-state index contributed by atoms with van der Waals surface area (Å²) in [7, 11) is 0. The molecule has 1 aliphatic rings. The first-order valence-corrected chi connectivity index (χ1v) is 5.36. The van der Waals surface area contributed by atoms with Crippen LogP contribution in [-0.2, 0) is 11.8 Å². The van der Waals surface area contributed by atoms with Crippen molar-refractivity contribution in [3.05, 3.63) is 27.7 Å². The zero-order chi connectivity index (χ0) is 12.1. The minimum atomic E-state index is -4.63. The fourth-order valence-electron chi connectivity index (χ4n) is 1.56. The second-order valence-electron chi connectivity index (χ2n) is 3.88. The Hall–Kier alpha value is -0.750. The number of aromatic hydroxyl groups is 1. The summed E-state index contributed by atoms with van der Waals surface area (Å²) in [5, 5.41) is 19.3. The summed E-state index contributed by atoms with van der Waals surface area (Å²) in [6.07, 6.45) is -3.89. The lowest BCUT2D eigenvalue weighted by Gasteiger charge is -2.16. The molecule has 88 valence electrons. The molecular weight excluding hydrogens is 289 g/mol. The highest BCUT2D eigenvalue weighted by molar-refractivity contribution is 9.10. The number of hydrogen-bond acceptors (Lipinski definition) is 2. The van der Waals surface area contributed by atoms with Gasteiger partial charge in [-0.15, -0.1) is 0 Å². The molecule has 2 N–H and O–H groups in total. The van der Waals surface area contributed by atoms with Crippen LogP contribution in [0.3, 0.4) is 0 Å². The van der Waals surface area contributed by atoms with Crippen molar-refractivity contribution in [3.8, 4) is 5.75 Å². The Bertz CT molecular complexity index is 412. The maximum Gasteiger partial charge on any atom is 0.420 e. The smallest absolute Gasteiger partial charge is 0.420 e. The molecular formula is C10H8BrF3O2. The van der Waals surface area contributed by atoms with Gasteiger partial charge in [-0.25, -0.2) is 0 Å². The van der Waals surface area contributed by atoms with Crippen molar-refractivity contribution < 1.29 is 23.4 Å². The van der Waals surface area contributed by atoms with E-state index in [0.717, 1.165) is 6.07 Å². The lowest BCUT2D eigenvalue weighted by Crippen LogP contribution is -2.11. The van der Waals surface area contributed by atoms with Gasteiger partial charge >= 0.3 is 6.18 Å². The molecule has 0 aliphatic heterocycles. The average molecular weight is 297 g/mol. The zero-order valence-electron chi connectivity index (χ0n) is 7.98. The maximum atomic E-state index is 12.6. The van der Waals surface area contributed by atoms with Gasteiger partial charge in [-0.2, -0.15) is 13.2 Å². The molecule has 0 heterocycles. The van der Waals surface area contributed by atoms with Crippen LogP contribution in [0.15, 0.2) is 16.6 Å². The van der Waals surface area contributed by atoms with Crippen LogP contribution < -0.4 is 0 Å². The molecule has 1 fully saturated rings. The number of aliphatic hydroxyl groups is 1. The number of halogens is 4. The third kappa shape index (κ3) is 1.91. The van der Waals surface area contributed by atoms with Crippen LogP contribution >= 0.6 is 15.9 Å². The highest BCUT2D eigenvalue weighted by Gasteiger charge is 2.46. The van der Waals surface area contributed by atoms with Gasteiger partial charge in [-0.05, 0) is 25.0 Å². The van der Waals surface area contributed by atoms with Gasteiger partial charge in [-0.1, -0.05) is 15.9 Å². The summed E-state index contributed by atoms with van der Waals surface area (Å²) in [5.74, 6) is -0.879. The minimum absolute atomic E-state index is 0.0609. The summed E-state index contributed by atoms with van der Waals surface area (Å²) in [5.41, 5.74) is -2.49. The predicted molar refractivity (Wildman–Crippen MR) is 53.9 cm³/mol. The Morgan fingerprint density at radius 3 is 2.25 bits per heavy atom. The number of benzene rings is 1. The molecule has 1 saturated carbocycles. The van der Waals surface area contributed by atoms with Crippen molar-refractivity contribution in [2.75, 3.05) is 0 Å². The third-order valence-corrected chi connectivity index (χ3v) is 3.06. The molecule has 16 heavy (non-hydrogen) atoms. The molecule has 0 radical (unpaired) electrons. The first kappa shape index (κ1) is 11.7. The molecule has 0 amide bonds. The van der Waals surface area contributed by atoms with E-state index in [1.54, 1.807) is 0 Å². The quantitative estimate of drug-likeness (QED) is 0.836. The van der Waals surface area contributed by atoms with Gasteiger partial charge in [0.2, 0.25) is 0 Å². The summed E-state index contributed by atoms with van der Waals surface area (Å²) in [6.45, 7) is 0. The molecule has 6 heteroatoms. The van der Waals surface area contributed by atoms with E-state index in [0.29, 0.717) is 12.8 Å². The van der Waals surface area contributed by atoms with E-state index in [9.17, 15) is 23.4 Å². The van der Waals surface area contributed by atoms with E-state index in [1.165, 1.54) is 6.07 Å². The summed E-state index contributed by atoms with van der Waals surface area (Å²) in [4.78, 5) is 0. The molecule has 2 rings (SSSR count). The Balaban J connectivity index is 2.60. The maximum absolute atomic E-state index is 12.6. The number of rotatable bonds is 1. The Morgan fingerprint density at radius 1 is 1.25 bits per heavy atom. The second kappa shape index (κ2) is 3.37. The van der Waals surface area contributed by atoms with Crippen LogP contribution in [0, 0.1) is 0 Å². The molecule has 0 spiro atoms. The van der Waals surface area contributed by atoms with E-state index in [-0.39, 0.29) is 10.0 Å². The summed E-state index contributed by atoms with van der Waals surface area (Å²) >= 11 is 2.94. The van der Waals surface area contributed by atoms with Gasteiger partial charge in [0.05, 0.1) is 11.2 Å². The summed E-state index contributed by atoms with van der Waals surface area (Å²) in [6, 6.07) is 2.11. The Morgan fingerprint density at radius 2 is 1.81 bits per heavy atom. The average Bonchev–Trinajstić information content (AvgIpc) is 2.86. The normalized spacial score (nSPS) is 18.6. The first-order chi connectivity index (χ1) is 7.24. The zero-order valence-corrected chi connectivity index (χ0v) is 9.56. The third-order valence-electron chi connectivity index (χ3n) is 2.61. The standard InChI is InChI=1S/C10H8BrF3O2/c11-5-3-6(9(16)1-2-9)8(15)7(4-5)10(12,13)14/h3-4,15-16H,1-2H2. The number of phenols is 1. The van der Waals surface area contributed by atoms with Crippen molar-refractivity contribution >= 4 is 15.9 Å². The molecule has 1 aliphatic carbocycles. The monoisotopic (exact) mass is 296 g/mol. The van der Waals surface area contributed by atoms with Crippen LogP contribution in [0.25, 0.3) is 0 Å². The molecule has 0 unspecified atom stereocenters. The lowest BCUT2D eigenvalue weighted by atomic mass is 10.0. The van der Waals surface area contributed by atoms with Crippen molar-refractivity contribution in [3.63, 3.8) is 0 Å². The molecule has 0 atom stereocenters. The number of phenolic OH excluding ortho intramolecular Hbond substituents is 1. The number of hydrogen-bond donors (Lipinski definition) is 2. The fraction of sp³-hybridized carbons (Fsp3) is 0.400. The fourth-order valence-corrected chi connectivity index (χ4v) is 2.02. The van der Waals surface area contributed by atoms with Gasteiger partial charge < -0.3 is 10.2 Å². The predicted octanol–water partition coefficient (Wildman–Crippen LogP) is 3.15. The van der Waals surface area contributed by atoms with E-state index < -0.39 is 23.1 Å². The highest BCUT2D eigenvalue weighted by Crippen LogP contribution is 2.52. The van der Waals surface area contributed by atoms with Gasteiger partial charge in [0.15, 0.2) is 0 Å². The van der Waals surface area contributed by atoms with Gasteiger partial charge in [-0.3, -0.25) is 0 Å². The topological polar surface area (TPSA) is 40.5 Å². The van der Waals surface area contributed by atoms with Gasteiger partial charge in [0, 0.05) is 10.0 Å². The Labute approximate surface area is 97.8 Å². The molecule has 0 saturated heterocycles. The van der Waals surface area contributed by atoms with Crippen molar-refractivity contribution in [1.82, 2.24) is 0 Å². The Kier molecular flexibility index (Phi) is 2.47. The van der Waals surface area contributed by atoms with Crippen LogP contribution in [0.1, 0.15) is 24.0 Å². The first-order valence-electron chi connectivity index (χ1n) is 4.56. The van der Waals surface area contributed by atoms with E-state index in [1.807, 2.05) is 0 Å². The molecule has 0 bridgehead atoms. The van der Waals surface area contributed by atoms with Gasteiger partial charge in [0.1, 0.15) is 5.75 Å². The van der Waals surface area contributed by atoms with Crippen LogP contribution in [0.2, 0.25) is 0 Å². The number of alkyl halides is 3. The highest BCUT2D eigenvalue weighted by atomic mass is 79.9. The van der Waals surface area contributed by atoms with Crippen LogP contribution in [-0.4, -0.2) is 10.2 Å². The lowest BCUT2D eigenvalue weighted by molar-refractivity contribution is -0.139.